The number of hydrogen-bond acceptors (Lipinski definition) is 3. The first-order chi connectivity index (χ1) is 5.69. The third kappa shape index (κ3) is 1.95. The van der Waals surface area contributed by atoms with Crippen LogP contribution < -0.4 is 11.1 Å². The summed E-state index contributed by atoms with van der Waals surface area (Å²) in [5.74, 6) is -0.0366. The minimum atomic E-state index is -0.602. The highest BCUT2D eigenvalue weighted by Gasteiger charge is 2.37. The molecule has 1 aliphatic heterocycles. The van der Waals surface area contributed by atoms with Gasteiger partial charge in [0.15, 0.2) is 0 Å². The molecule has 0 aliphatic carbocycles. The lowest BCUT2D eigenvalue weighted by molar-refractivity contribution is -0.139. The fourth-order valence-corrected chi connectivity index (χ4v) is 1.33. The van der Waals surface area contributed by atoms with Crippen LogP contribution in [0.3, 0.4) is 0 Å². The first-order valence-electron chi connectivity index (χ1n) is 4.31. The summed E-state index contributed by atoms with van der Waals surface area (Å²) in [5.41, 5.74) is 4.66. The van der Waals surface area contributed by atoms with E-state index in [2.05, 4.69) is 5.32 Å². The van der Waals surface area contributed by atoms with Crippen LogP contribution in [0.1, 0.15) is 19.8 Å². The number of amides is 1. The summed E-state index contributed by atoms with van der Waals surface area (Å²) in [6.45, 7) is 3.51. The van der Waals surface area contributed by atoms with Gasteiger partial charge in [-0.2, -0.15) is 0 Å². The fourth-order valence-electron chi connectivity index (χ4n) is 1.33. The lowest BCUT2D eigenvalue weighted by Gasteiger charge is -2.21. The van der Waals surface area contributed by atoms with Crippen LogP contribution in [0.4, 0.5) is 0 Å². The van der Waals surface area contributed by atoms with Crippen molar-refractivity contribution in [2.24, 2.45) is 5.73 Å². The average Bonchev–Trinajstić information content (AvgIpc) is 2.49. The SMILES string of the molecule is CC1(C(=O)NCCN)CCCO1. The van der Waals surface area contributed by atoms with Gasteiger partial charge in [0.25, 0.3) is 5.91 Å². The molecule has 4 heteroatoms. The zero-order valence-electron chi connectivity index (χ0n) is 7.43. The molecule has 0 aromatic carbocycles. The maximum absolute atomic E-state index is 11.4. The molecule has 0 aromatic rings. The normalized spacial score (nSPS) is 28.8. The quantitative estimate of drug-likeness (QED) is 0.610. The molecule has 0 bridgehead atoms. The molecule has 1 saturated heterocycles. The molecule has 1 unspecified atom stereocenters. The van der Waals surface area contributed by atoms with Crippen LogP contribution >= 0.6 is 0 Å². The predicted molar refractivity (Wildman–Crippen MR) is 45.7 cm³/mol. The lowest BCUT2D eigenvalue weighted by Crippen LogP contribution is -2.45. The van der Waals surface area contributed by atoms with Crippen molar-refractivity contribution in [2.45, 2.75) is 25.4 Å². The van der Waals surface area contributed by atoms with Crippen molar-refractivity contribution in [3.63, 3.8) is 0 Å². The molecule has 0 radical (unpaired) electrons. The van der Waals surface area contributed by atoms with Gasteiger partial charge in [0.2, 0.25) is 0 Å². The minimum Gasteiger partial charge on any atom is -0.365 e. The van der Waals surface area contributed by atoms with Crippen molar-refractivity contribution >= 4 is 5.91 Å². The highest BCUT2D eigenvalue weighted by Crippen LogP contribution is 2.24. The molecule has 12 heavy (non-hydrogen) atoms. The zero-order valence-corrected chi connectivity index (χ0v) is 7.43. The largest absolute Gasteiger partial charge is 0.365 e. The van der Waals surface area contributed by atoms with E-state index in [4.69, 9.17) is 10.5 Å². The van der Waals surface area contributed by atoms with Crippen molar-refractivity contribution in [1.29, 1.82) is 0 Å². The Morgan fingerprint density at radius 1 is 1.75 bits per heavy atom. The molecule has 1 amide bonds. The molecule has 1 rings (SSSR count). The Hall–Kier alpha value is -0.610. The molecule has 1 atom stereocenters. The number of hydrogen-bond donors (Lipinski definition) is 2. The van der Waals surface area contributed by atoms with E-state index in [1.165, 1.54) is 0 Å². The van der Waals surface area contributed by atoms with E-state index < -0.39 is 5.60 Å². The summed E-state index contributed by atoms with van der Waals surface area (Å²) in [5, 5.41) is 2.73. The van der Waals surface area contributed by atoms with Crippen molar-refractivity contribution in [3.8, 4) is 0 Å². The van der Waals surface area contributed by atoms with Gasteiger partial charge in [0.1, 0.15) is 5.60 Å². The average molecular weight is 172 g/mol. The van der Waals surface area contributed by atoms with E-state index in [0.29, 0.717) is 19.7 Å². The Bertz CT molecular complexity index is 164. The van der Waals surface area contributed by atoms with Crippen LogP contribution in [-0.4, -0.2) is 31.2 Å². The summed E-state index contributed by atoms with van der Waals surface area (Å²) in [6, 6.07) is 0. The Morgan fingerprint density at radius 3 is 3.00 bits per heavy atom. The topological polar surface area (TPSA) is 64.4 Å². The van der Waals surface area contributed by atoms with E-state index in [0.717, 1.165) is 12.8 Å². The number of ether oxygens (including phenoxy) is 1. The molecule has 0 spiro atoms. The molecular weight excluding hydrogens is 156 g/mol. The number of carbonyl (C=O) groups excluding carboxylic acids is 1. The molecule has 4 nitrogen and oxygen atoms in total. The lowest BCUT2D eigenvalue weighted by atomic mass is 10.0. The first-order valence-corrected chi connectivity index (χ1v) is 4.31. The van der Waals surface area contributed by atoms with Crippen LogP contribution in [0.25, 0.3) is 0 Å². The predicted octanol–water partition coefficient (Wildman–Crippen LogP) is -0.370. The van der Waals surface area contributed by atoms with Gasteiger partial charge in [-0.1, -0.05) is 0 Å². The molecule has 1 heterocycles. The number of nitrogens with one attached hydrogen (secondary N) is 1. The van der Waals surface area contributed by atoms with Crippen molar-refractivity contribution in [1.82, 2.24) is 5.32 Å². The Labute approximate surface area is 72.5 Å². The van der Waals surface area contributed by atoms with Crippen LogP contribution in [0.2, 0.25) is 0 Å². The molecule has 1 aliphatic rings. The third-order valence-electron chi connectivity index (χ3n) is 2.13. The van der Waals surface area contributed by atoms with Gasteiger partial charge in [0, 0.05) is 19.7 Å². The van der Waals surface area contributed by atoms with Gasteiger partial charge in [-0.05, 0) is 19.8 Å². The first kappa shape index (κ1) is 9.48. The Balaban J connectivity index is 2.39. The summed E-state index contributed by atoms with van der Waals surface area (Å²) in [6.07, 6.45) is 1.77. The third-order valence-corrected chi connectivity index (χ3v) is 2.13. The Morgan fingerprint density at radius 2 is 2.50 bits per heavy atom. The van der Waals surface area contributed by atoms with E-state index >= 15 is 0 Å². The highest BCUT2D eigenvalue weighted by atomic mass is 16.5. The summed E-state index contributed by atoms with van der Waals surface area (Å²) in [7, 11) is 0. The molecule has 1 fully saturated rings. The van der Waals surface area contributed by atoms with Crippen molar-refractivity contribution in [2.75, 3.05) is 19.7 Å². The van der Waals surface area contributed by atoms with Crippen molar-refractivity contribution < 1.29 is 9.53 Å². The van der Waals surface area contributed by atoms with Gasteiger partial charge in [0.05, 0.1) is 0 Å². The minimum absolute atomic E-state index is 0.0366. The van der Waals surface area contributed by atoms with Gasteiger partial charge in [-0.25, -0.2) is 0 Å². The molecule has 0 aromatic heterocycles. The number of nitrogens with two attached hydrogens (primary N) is 1. The highest BCUT2D eigenvalue weighted by molar-refractivity contribution is 5.84. The number of rotatable bonds is 3. The molecule has 0 saturated carbocycles. The van der Waals surface area contributed by atoms with Gasteiger partial charge >= 0.3 is 0 Å². The monoisotopic (exact) mass is 172 g/mol. The second-order valence-corrected chi connectivity index (χ2v) is 3.23. The summed E-state index contributed by atoms with van der Waals surface area (Å²) in [4.78, 5) is 11.4. The standard InChI is InChI=1S/C8H16N2O2/c1-8(3-2-6-12-8)7(11)10-5-4-9/h2-6,9H2,1H3,(H,10,11). The van der Waals surface area contributed by atoms with Gasteiger partial charge in [-0.15, -0.1) is 0 Å². The second kappa shape index (κ2) is 3.87. The fraction of sp³-hybridized carbons (Fsp3) is 0.875. The van der Waals surface area contributed by atoms with E-state index in [-0.39, 0.29) is 5.91 Å². The molecular formula is C8H16N2O2. The van der Waals surface area contributed by atoms with Crippen LogP contribution in [0.5, 0.6) is 0 Å². The maximum Gasteiger partial charge on any atom is 0.252 e. The molecule has 3 N–H and O–H groups in total. The van der Waals surface area contributed by atoms with Crippen LogP contribution in [0.15, 0.2) is 0 Å². The summed E-state index contributed by atoms with van der Waals surface area (Å²) < 4.78 is 5.35. The summed E-state index contributed by atoms with van der Waals surface area (Å²) >= 11 is 0. The maximum atomic E-state index is 11.4. The molecule has 70 valence electrons. The van der Waals surface area contributed by atoms with Crippen LogP contribution in [-0.2, 0) is 9.53 Å². The van der Waals surface area contributed by atoms with E-state index in [9.17, 15) is 4.79 Å². The van der Waals surface area contributed by atoms with Crippen molar-refractivity contribution in [3.05, 3.63) is 0 Å². The van der Waals surface area contributed by atoms with Gasteiger partial charge in [-0.3, -0.25) is 4.79 Å². The second-order valence-electron chi connectivity index (χ2n) is 3.23. The Kier molecular flexibility index (Phi) is 3.05. The van der Waals surface area contributed by atoms with E-state index in [1.807, 2.05) is 6.92 Å². The zero-order chi connectivity index (χ0) is 9.03. The number of carbonyl (C=O) groups is 1. The smallest absolute Gasteiger partial charge is 0.252 e. The van der Waals surface area contributed by atoms with Gasteiger partial charge < -0.3 is 15.8 Å². The van der Waals surface area contributed by atoms with Crippen LogP contribution in [0, 0.1) is 0 Å². The van der Waals surface area contributed by atoms with E-state index in [1.54, 1.807) is 0 Å².